The molecule has 1 saturated carbocycles. The van der Waals surface area contributed by atoms with E-state index in [4.69, 9.17) is 12.2 Å². The van der Waals surface area contributed by atoms with E-state index in [2.05, 4.69) is 36.1 Å². The molecule has 1 aromatic heterocycles. The molecule has 0 bridgehead atoms. The number of nitrogens with zero attached hydrogens (tertiary/aromatic N) is 1. The van der Waals surface area contributed by atoms with Crippen LogP contribution in [-0.4, -0.2) is 16.0 Å². The molecule has 2 N–H and O–H groups in total. The third-order valence-corrected chi connectivity index (χ3v) is 4.06. The van der Waals surface area contributed by atoms with Gasteiger partial charge >= 0.3 is 0 Å². The van der Waals surface area contributed by atoms with Gasteiger partial charge in [-0.3, -0.25) is 0 Å². The molecule has 3 nitrogen and oxygen atoms in total. The van der Waals surface area contributed by atoms with Crippen LogP contribution in [0.1, 0.15) is 52.3 Å². The summed E-state index contributed by atoms with van der Waals surface area (Å²) in [5.74, 6) is 3.35. The molecule has 2 unspecified atom stereocenters. The minimum absolute atomic E-state index is 0.564. The van der Waals surface area contributed by atoms with Crippen molar-refractivity contribution in [2.45, 2.75) is 58.9 Å². The van der Waals surface area contributed by atoms with Crippen LogP contribution < -0.4 is 5.32 Å². The summed E-state index contributed by atoms with van der Waals surface area (Å²) in [5, 5.41) is 3.62. The van der Waals surface area contributed by atoms with Crippen LogP contribution in [0.2, 0.25) is 0 Å². The van der Waals surface area contributed by atoms with Crippen LogP contribution in [-0.2, 0) is 6.42 Å². The van der Waals surface area contributed by atoms with Gasteiger partial charge < -0.3 is 10.3 Å². The second-order valence-electron chi connectivity index (χ2n) is 6.19. The van der Waals surface area contributed by atoms with Gasteiger partial charge in [-0.25, -0.2) is 4.98 Å². The highest BCUT2D eigenvalue weighted by Gasteiger charge is 2.21. The molecule has 4 heteroatoms. The first-order chi connectivity index (χ1) is 9.04. The van der Waals surface area contributed by atoms with E-state index in [0.717, 1.165) is 24.0 Å². The fourth-order valence-electron chi connectivity index (χ4n) is 2.80. The first-order valence-corrected chi connectivity index (χ1v) is 7.82. The molecule has 106 valence electrons. The average Bonchev–Trinajstić information content (AvgIpc) is 2.30. The summed E-state index contributed by atoms with van der Waals surface area (Å²) in [5.41, 5.74) is 0. The number of hydrogen-bond donors (Lipinski definition) is 2. The normalized spacial score (nSPS) is 23.6. The Kier molecular flexibility index (Phi) is 4.97. The van der Waals surface area contributed by atoms with Crippen LogP contribution in [0.5, 0.6) is 0 Å². The van der Waals surface area contributed by atoms with Gasteiger partial charge in [0.2, 0.25) is 0 Å². The average molecular weight is 279 g/mol. The summed E-state index contributed by atoms with van der Waals surface area (Å²) in [4.78, 5) is 7.80. The molecule has 1 fully saturated rings. The molecular weight excluding hydrogens is 254 g/mol. The molecule has 0 aromatic carbocycles. The van der Waals surface area contributed by atoms with Crippen molar-refractivity contribution in [3.05, 3.63) is 16.5 Å². The Morgan fingerprint density at radius 1 is 1.42 bits per heavy atom. The zero-order valence-electron chi connectivity index (χ0n) is 12.2. The Labute approximate surface area is 121 Å². The van der Waals surface area contributed by atoms with Gasteiger partial charge in [-0.05, 0) is 24.7 Å². The monoisotopic (exact) mass is 279 g/mol. The summed E-state index contributed by atoms with van der Waals surface area (Å²) in [6.07, 6.45) is 6.21. The van der Waals surface area contributed by atoms with E-state index >= 15 is 0 Å². The van der Waals surface area contributed by atoms with E-state index in [-0.39, 0.29) is 0 Å². The first kappa shape index (κ1) is 14.5. The zero-order chi connectivity index (χ0) is 13.8. The van der Waals surface area contributed by atoms with Crippen molar-refractivity contribution in [3.63, 3.8) is 0 Å². The number of hydrogen-bond acceptors (Lipinski definition) is 3. The van der Waals surface area contributed by atoms with Crippen LogP contribution in [0.15, 0.2) is 6.07 Å². The maximum absolute atomic E-state index is 5.27. The van der Waals surface area contributed by atoms with Crippen molar-refractivity contribution in [1.29, 1.82) is 0 Å². The van der Waals surface area contributed by atoms with E-state index in [9.17, 15) is 0 Å². The first-order valence-electron chi connectivity index (χ1n) is 7.41. The van der Waals surface area contributed by atoms with Crippen LogP contribution >= 0.6 is 12.2 Å². The Morgan fingerprint density at radius 2 is 2.16 bits per heavy atom. The van der Waals surface area contributed by atoms with Crippen molar-refractivity contribution in [2.24, 2.45) is 11.8 Å². The standard InChI is InChI=1S/C15H25N3S/c1-10(2)8-13-17-14(9-15(19)18-13)16-12-7-5-4-6-11(12)3/h9-12H,4-8H2,1-3H3,(H2,16,17,18,19). The second-order valence-corrected chi connectivity index (χ2v) is 6.61. The van der Waals surface area contributed by atoms with Gasteiger partial charge in [0.05, 0.1) is 0 Å². The third kappa shape index (κ3) is 4.30. The second kappa shape index (κ2) is 6.51. The van der Waals surface area contributed by atoms with Gasteiger partial charge in [0.25, 0.3) is 0 Å². The fourth-order valence-corrected chi connectivity index (χ4v) is 3.03. The van der Waals surface area contributed by atoms with E-state index in [1.807, 2.05) is 6.07 Å². The molecule has 0 saturated heterocycles. The van der Waals surface area contributed by atoms with Crippen LogP contribution in [0.3, 0.4) is 0 Å². The Morgan fingerprint density at radius 3 is 2.84 bits per heavy atom. The minimum Gasteiger partial charge on any atom is -0.369 e. The lowest BCUT2D eigenvalue weighted by atomic mass is 9.86. The van der Waals surface area contributed by atoms with Crippen LogP contribution in [0, 0.1) is 16.5 Å². The highest BCUT2D eigenvalue weighted by Crippen LogP contribution is 2.26. The number of aromatic nitrogens is 2. The smallest absolute Gasteiger partial charge is 0.131 e. The van der Waals surface area contributed by atoms with E-state index in [0.29, 0.717) is 16.6 Å². The molecule has 1 aliphatic rings. The maximum Gasteiger partial charge on any atom is 0.131 e. The predicted octanol–water partition coefficient (Wildman–Crippen LogP) is 4.33. The molecule has 2 atom stereocenters. The lowest BCUT2D eigenvalue weighted by molar-refractivity contribution is 0.349. The highest BCUT2D eigenvalue weighted by molar-refractivity contribution is 7.71. The quantitative estimate of drug-likeness (QED) is 0.806. The molecule has 0 aliphatic heterocycles. The number of H-pyrrole nitrogens is 1. The van der Waals surface area contributed by atoms with Gasteiger partial charge in [-0.2, -0.15) is 0 Å². The molecule has 2 rings (SSSR count). The van der Waals surface area contributed by atoms with Gasteiger partial charge in [-0.1, -0.05) is 45.8 Å². The van der Waals surface area contributed by atoms with Crippen molar-refractivity contribution in [3.8, 4) is 0 Å². The molecule has 0 radical (unpaired) electrons. The van der Waals surface area contributed by atoms with Crippen LogP contribution in [0.25, 0.3) is 0 Å². The molecule has 1 heterocycles. The van der Waals surface area contributed by atoms with Crippen molar-refractivity contribution in [1.82, 2.24) is 9.97 Å². The Balaban J connectivity index is 2.10. The summed E-state index contributed by atoms with van der Waals surface area (Å²) in [6.45, 7) is 6.73. The van der Waals surface area contributed by atoms with Gasteiger partial charge in [-0.15, -0.1) is 0 Å². The number of aromatic amines is 1. The summed E-state index contributed by atoms with van der Waals surface area (Å²) in [7, 11) is 0. The third-order valence-electron chi connectivity index (χ3n) is 3.85. The molecular formula is C15H25N3S. The fraction of sp³-hybridized carbons (Fsp3) is 0.733. The lowest BCUT2D eigenvalue weighted by Crippen LogP contribution is -2.30. The van der Waals surface area contributed by atoms with Crippen molar-refractivity contribution >= 4 is 18.0 Å². The molecule has 19 heavy (non-hydrogen) atoms. The minimum atomic E-state index is 0.564. The topological polar surface area (TPSA) is 40.7 Å². The molecule has 0 amide bonds. The van der Waals surface area contributed by atoms with E-state index in [1.54, 1.807) is 0 Å². The summed E-state index contributed by atoms with van der Waals surface area (Å²) in [6, 6.07) is 2.51. The van der Waals surface area contributed by atoms with E-state index in [1.165, 1.54) is 25.7 Å². The summed E-state index contributed by atoms with van der Waals surface area (Å²) < 4.78 is 0.681. The van der Waals surface area contributed by atoms with Crippen LogP contribution in [0.4, 0.5) is 5.82 Å². The number of nitrogens with one attached hydrogen (secondary N) is 2. The largest absolute Gasteiger partial charge is 0.369 e. The summed E-state index contributed by atoms with van der Waals surface area (Å²) >= 11 is 5.27. The number of anilines is 1. The molecule has 1 aromatic rings. The lowest BCUT2D eigenvalue weighted by Gasteiger charge is -2.30. The Hall–Kier alpha value is -0.900. The van der Waals surface area contributed by atoms with Gasteiger partial charge in [0.1, 0.15) is 16.3 Å². The Bertz CT molecular complexity index is 467. The van der Waals surface area contributed by atoms with Crippen molar-refractivity contribution in [2.75, 3.05) is 5.32 Å². The molecule has 1 aliphatic carbocycles. The zero-order valence-corrected chi connectivity index (χ0v) is 13.0. The SMILES string of the molecule is CC(C)Cc1nc(=S)cc(NC2CCCCC2C)[nH]1. The maximum atomic E-state index is 5.27. The van der Waals surface area contributed by atoms with Gasteiger partial charge in [0.15, 0.2) is 0 Å². The molecule has 0 spiro atoms. The van der Waals surface area contributed by atoms with Gasteiger partial charge in [0, 0.05) is 18.5 Å². The predicted molar refractivity (Wildman–Crippen MR) is 83.0 cm³/mol. The van der Waals surface area contributed by atoms with Crippen molar-refractivity contribution < 1.29 is 0 Å². The number of rotatable bonds is 4. The van der Waals surface area contributed by atoms with E-state index < -0.39 is 0 Å². The highest BCUT2D eigenvalue weighted by atomic mass is 32.1.